The van der Waals surface area contributed by atoms with Gasteiger partial charge in [-0.25, -0.2) is 0 Å². The maximum atomic E-state index is 12.3. The third-order valence-electron chi connectivity index (χ3n) is 3.80. The minimum absolute atomic E-state index is 0. The summed E-state index contributed by atoms with van der Waals surface area (Å²) in [7, 11) is 0. The second-order valence-electron chi connectivity index (χ2n) is 5.34. The standard InChI is InChI=1S/C15H21N3O4.ClH/c1-3-22-14-7-6-11(9-13(14)18(20)21)15(19)17-12-5-4-8-16-10(12)2;/h6-7,9-10,12,16H,3-5,8H2,1-2H3,(H,17,19);1H. The summed E-state index contributed by atoms with van der Waals surface area (Å²) >= 11 is 0. The monoisotopic (exact) mass is 343 g/mol. The number of amides is 1. The summed E-state index contributed by atoms with van der Waals surface area (Å²) in [5.41, 5.74) is 0.0808. The Balaban J connectivity index is 0.00000264. The maximum absolute atomic E-state index is 12.3. The highest BCUT2D eigenvalue weighted by atomic mass is 35.5. The zero-order valence-corrected chi connectivity index (χ0v) is 14.0. The lowest BCUT2D eigenvalue weighted by atomic mass is 9.99. The number of nitro benzene ring substituents is 1. The van der Waals surface area contributed by atoms with Gasteiger partial charge in [-0.1, -0.05) is 0 Å². The molecule has 2 N–H and O–H groups in total. The van der Waals surface area contributed by atoms with Crippen molar-refractivity contribution in [1.82, 2.24) is 10.6 Å². The van der Waals surface area contributed by atoms with Crippen LogP contribution in [-0.2, 0) is 0 Å². The molecule has 8 heteroatoms. The van der Waals surface area contributed by atoms with Crippen molar-refractivity contribution in [2.45, 2.75) is 38.8 Å². The molecule has 2 rings (SSSR count). The Labute approximate surface area is 141 Å². The summed E-state index contributed by atoms with van der Waals surface area (Å²) in [6.45, 7) is 5.05. The largest absolute Gasteiger partial charge is 0.487 e. The van der Waals surface area contributed by atoms with Gasteiger partial charge >= 0.3 is 5.69 Å². The normalized spacial score (nSPS) is 20.3. The number of hydrogen-bond acceptors (Lipinski definition) is 5. The Morgan fingerprint density at radius 1 is 1.52 bits per heavy atom. The number of hydrogen-bond donors (Lipinski definition) is 2. The van der Waals surface area contributed by atoms with Gasteiger partial charge in [0.1, 0.15) is 0 Å². The van der Waals surface area contributed by atoms with Gasteiger partial charge in [0.2, 0.25) is 0 Å². The van der Waals surface area contributed by atoms with Crippen molar-refractivity contribution in [3.63, 3.8) is 0 Å². The Bertz CT molecular complexity index is 568. The summed E-state index contributed by atoms with van der Waals surface area (Å²) in [4.78, 5) is 22.9. The molecule has 23 heavy (non-hydrogen) atoms. The van der Waals surface area contributed by atoms with E-state index in [0.29, 0.717) is 6.61 Å². The molecule has 1 aliphatic rings. The van der Waals surface area contributed by atoms with E-state index in [9.17, 15) is 14.9 Å². The molecule has 1 saturated heterocycles. The highest BCUT2D eigenvalue weighted by molar-refractivity contribution is 5.95. The minimum atomic E-state index is -0.535. The van der Waals surface area contributed by atoms with Crippen LogP contribution in [-0.4, -0.2) is 36.1 Å². The first kappa shape index (κ1) is 19.2. The van der Waals surface area contributed by atoms with Crippen LogP contribution in [0.25, 0.3) is 0 Å². The van der Waals surface area contributed by atoms with E-state index in [0.717, 1.165) is 19.4 Å². The predicted molar refractivity (Wildman–Crippen MR) is 89.5 cm³/mol. The van der Waals surface area contributed by atoms with E-state index in [-0.39, 0.29) is 47.4 Å². The smallest absolute Gasteiger partial charge is 0.311 e. The second kappa shape index (κ2) is 8.69. The van der Waals surface area contributed by atoms with E-state index < -0.39 is 4.92 Å². The van der Waals surface area contributed by atoms with Gasteiger partial charge in [-0.15, -0.1) is 12.4 Å². The van der Waals surface area contributed by atoms with Crippen LogP contribution in [0.3, 0.4) is 0 Å². The molecule has 1 aromatic carbocycles. The number of nitrogens with zero attached hydrogens (tertiary/aromatic N) is 1. The average molecular weight is 344 g/mol. The third kappa shape index (κ3) is 4.80. The van der Waals surface area contributed by atoms with Gasteiger partial charge < -0.3 is 15.4 Å². The van der Waals surface area contributed by atoms with Crippen LogP contribution in [0, 0.1) is 10.1 Å². The van der Waals surface area contributed by atoms with Gasteiger partial charge in [-0.3, -0.25) is 14.9 Å². The third-order valence-corrected chi connectivity index (χ3v) is 3.80. The van der Waals surface area contributed by atoms with Gasteiger partial charge in [-0.2, -0.15) is 0 Å². The van der Waals surface area contributed by atoms with Crippen molar-refractivity contribution in [1.29, 1.82) is 0 Å². The summed E-state index contributed by atoms with van der Waals surface area (Å²) in [5, 5.41) is 17.3. The molecule has 2 atom stereocenters. The van der Waals surface area contributed by atoms with Crippen molar-refractivity contribution in [3.8, 4) is 5.75 Å². The van der Waals surface area contributed by atoms with E-state index in [1.807, 2.05) is 6.92 Å². The van der Waals surface area contributed by atoms with Crippen LogP contribution >= 0.6 is 12.4 Å². The Hall–Kier alpha value is -1.86. The Morgan fingerprint density at radius 3 is 2.87 bits per heavy atom. The number of piperidine rings is 1. The molecule has 0 radical (unpaired) electrons. The number of carbonyl (C=O) groups is 1. The second-order valence-corrected chi connectivity index (χ2v) is 5.34. The van der Waals surface area contributed by atoms with Crippen LogP contribution in [0.15, 0.2) is 18.2 Å². The summed E-state index contributed by atoms with van der Waals surface area (Å²) < 4.78 is 5.22. The molecule has 0 saturated carbocycles. The first-order valence-electron chi connectivity index (χ1n) is 7.48. The zero-order chi connectivity index (χ0) is 16.1. The van der Waals surface area contributed by atoms with Gasteiger partial charge in [0, 0.05) is 23.7 Å². The Kier molecular flexibility index (Phi) is 7.25. The molecule has 2 unspecified atom stereocenters. The molecule has 1 aromatic rings. The average Bonchev–Trinajstić information content (AvgIpc) is 2.50. The number of halogens is 1. The topological polar surface area (TPSA) is 93.5 Å². The molecule has 1 aliphatic heterocycles. The first-order chi connectivity index (χ1) is 10.5. The van der Waals surface area contributed by atoms with Crippen molar-refractivity contribution in [2.75, 3.05) is 13.2 Å². The number of nitro groups is 1. The molecule has 1 fully saturated rings. The van der Waals surface area contributed by atoms with Crippen molar-refractivity contribution in [2.24, 2.45) is 0 Å². The molecule has 128 valence electrons. The number of carbonyl (C=O) groups excluding carboxylic acids is 1. The zero-order valence-electron chi connectivity index (χ0n) is 13.2. The van der Waals surface area contributed by atoms with Gasteiger partial charge in [0.15, 0.2) is 5.75 Å². The number of ether oxygens (including phenoxy) is 1. The summed E-state index contributed by atoms with van der Waals surface area (Å²) in [6.07, 6.45) is 1.90. The lowest BCUT2D eigenvalue weighted by Crippen LogP contribution is -2.51. The van der Waals surface area contributed by atoms with Crippen molar-refractivity contribution in [3.05, 3.63) is 33.9 Å². The van der Waals surface area contributed by atoms with Crippen LogP contribution in [0.2, 0.25) is 0 Å². The van der Waals surface area contributed by atoms with Gasteiger partial charge in [0.25, 0.3) is 5.91 Å². The fourth-order valence-electron chi connectivity index (χ4n) is 2.57. The highest BCUT2D eigenvalue weighted by Crippen LogP contribution is 2.28. The van der Waals surface area contributed by atoms with Gasteiger partial charge in [-0.05, 0) is 45.4 Å². The van der Waals surface area contributed by atoms with Crippen molar-refractivity contribution < 1.29 is 14.5 Å². The first-order valence-corrected chi connectivity index (χ1v) is 7.48. The minimum Gasteiger partial charge on any atom is -0.487 e. The van der Waals surface area contributed by atoms with Crippen LogP contribution in [0.4, 0.5) is 5.69 Å². The van der Waals surface area contributed by atoms with E-state index in [1.165, 1.54) is 12.1 Å². The van der Waals surface area contributed by atoms with Crippen LogP contribution < -0.4 is 15.4 Å². The molecule has 0 bridgehead atoms. The maximum Gasteiger partial charge on any atom is 0.311 e. The van der Waals surface area contributed by atoms with Crippen molar-refractivity contribution >= 4 is 24.0 Å². The van der Waals surface area contributed by atoms with E-state index in [2.05, 4.69) is 10.6 Å². The van der Waals surface area contributed by atoms with E-state index in [1.54, 1.807) is 13.0 Å². The molecule has 7 nitrogen and oxygen atoms in total. The van der Waals surface area contributed by atoms with Crippen LogP contribution in [0.1, 0.15) is 37.0 Å². The molecule has 1 amide bonds. The fraction of sp³-hybridized carbons (Fsp3) is 0.533. The fourth-order valence-corrected chi connectivity index (χ4v) is 2.57. The van der Waals surface area contributed by atoms with Crippen LogP contribution in [0.5, 0.6) is 5.75 Å². The SMILES string of the molecule is CCOc1ccc(C(=O)NC2CCCNC2C)cc1[N+](=O)[O-].Cl. The number of rotatable bonds is 5. The molecular weight excluding hydrogens is 322 g/mol. The molecule has 1 heterocycles. The molecule has 0 spiro atoms. The Morgan fingerprint density at radius 2 is 2.26 bits per heavy atom. The number of benzene rings is 1. The molecule has 0 aliphatic carbocycles. The van der Waals surface area contributed by atoms with E-state index in [4.69, 9.17) is 4.74 Å². The summed E-state index contributed by atoms with van der Waals surface area (Å²) in [6, 6.07) is 4.51. The molecular formula is C15H22ClN3O4. The number of nitrogens with one attached hydrogen (secondary N) is 2. The summed E-state index contributed by atoms with van der Waals surface area (Å²) in [5.74, 6) is -0.122. The molecule has 0 aromatic heterocycles. The van der Waals surface area contributed by atoms with Gasteiger partial charge in [0.05, 0.1) is 11.5 Å². The van der Waals surface area contributed by atoms with E-state index >= 15 is 0 Å². The lowest BCUT2D eigenvalue weighted by Gasteiger charge is -2.30. The quantitative estimate of drug-likeness (QED) is 0.632. The predicted octanol–water partition coefficient (Wildman–Crippen LogP) is 2.29. The lowest BCUT2D eigenvalue weighted by molar-refractivity contribution is -0.385. The highest BCUT2D eigenvalue weighted by Gasteiger charge is 2.24.